The summed E-state index contributed by atoms with van der Waals surface area (Å²) in [7, 11) is 0. The Labute approximate surface area is 124 Å². The van der Waals surface area contributed by atoms with Crippen molar-refractivity contribution in [1.29, 1.82) is 0 Å². The van der Waals surface area contributed by atoms with Gasteiger partial charge in [-0.2, -0.15) is 0 Å². The van der Waals surface area contributed by atoms with Crippen LogP contribution in [0.3, 0.4) is 0 Å². The minimum atomic E-state index is -0.873. The third kappa shape index (κ3) is 2.43. The van der Waals surface area contributed by atoms with Crippen molar-refractivity contribution >= 4 is 5.69 Å². The van der Waals surface area contributed by atoms with Gasteiger partial charge in [-0.05, 0) is 37.0 Å². The fourth-order valence-electron chi connectivity index (χ4n) is 2.47. The standard InChI is InChI=1S/C14H14N4O4/c19-13-12(18(21)22)9-16(11-2-1-3-11)14(20)17(13)8-10-4-6-15-7-5-10/h4-7,9,11H,1-3,8H2. The molecule has 0 aromatic carbocycles. The number of hydrogen-bond acceptors (Lipinski definition) is 5. The molecule has 0 bridgehead atoms. The Kier molecular flexibility index (Phi) is 3.58. The van der Waals surface area contributed by atoms with E-state index in [2.05, 4.69) is 4.98 Å². The first kappa shape index (κ1) is 14.2. The molecule has 1 saturated carbocycles. The van der Waals surface area contributed by atoms with E-state index in [1.165, 1.54) is 4.57 Å². The summed E-state index contributed by atoms with van der Waals surface area (Å²) in [5.74, 6) is 0. The van der Waals surface area contributed by atoms with Crippen LogP contribution >= 0.6 is 0 Å². The largest absolute Gasteiger partial charge is 0.350 e. The number of nitrogens with zero attached hydrogens (tertiary/aromatic N) is 4. The highest BCUT2D eigenvalue weighted by atomic mass is 16.6. The Morgan fingerprint density at radius 2 is 1.95 bits per heavy atom. The Hall–Kier alpha value is -2.77. The van der Waals surface area contributed by atoms with Gasteiger partial charge >= 0.3 is 16.9 Å². The highest BCUT2D eigenvalue weighted by Crippen LogP contribution is 2.30. The molecule has 114 valence electrons. The molecule has 0 aliphatic heterocycles. The van der Waals surface area contributed by atoms with Gasteiger partial charge in [-0.15, -0.1) is 0 Å². The van der Waals surface area contributed by atoms with Crippen molar-refractivity contribution in [2.75, 3.05) is 0 Å². The average molecular weight is 302 g/mol. The van der Waals surface area contributed by atoms with Crippen LogP contribution in [0.2, 0.25) is 0 Å². The second-order valence-corrected chi connectivity index (χ2v) is 5.29. The van der Waals surface area contributed by atoms with Crippen molar-refractivity contribution in [2.24, 2.45) is 0 Å². The van der Waals surface area contributed by atoms with Gasteiger partial charge in [-0.1, -0.05) is 0 Å². The Morgan fingerprint density at radius 1 is 1.27 bits per heavy atom. The molecule has 3 rings (SSSR count). The van der Waals surface area contributed by atoms with Crippen LogP contribution in [0.15, 0.2) is 40.3 Å². The lowest BCUT2D eigenvalue weighted by Crippen LogP contribution is -2.43. The molecule has 1 aliphatic carbocycles. The van der Waals surface area contributed by atoms with Crippen molar-refractivity contribution in [3.8, 4) is 0 Å². The predicted octanol–water partition coefficient (Wildman–Crippen LogP) is 1.09. The second-order valence-electron chi connectivity index (χ2n) is 5.29. The maximum Gasteiger partial charge on any atom is 0.350 e. The van der Waals surface area contributed by atoms with Gasteiger partial charge in [0.25, 0.3) is 0 Å². The van der Waals surface area contributed by atoms with Gasteiger partial charge in [0, 0.05) is 18.4 Å². The first-order valence-electron chi connectivity index (χ1n) is 6.97. The van der Waals surface area contributed by atoms with Gasteiger partial charge in [0.15, 0.2) is 0 Å². The molecule has 0 saturated heterocycles. The quantitative estimate of drug-likeness (QED) is 0.621. The Morgan fingerprint density at radius 3 is 2.50 bits per heavy atom. The maximum absolute atomic E-state index is 12.5. The molecule has 0 spiro atoms. The average Bonchev–Trinajstić information content (AvgIpc) is 2.45. The number of pyridine rings is 1. The lowest BCUT2D eigenvalue weighted by Gasteiger charge is -2.27. The molecule has 8 heteroatoms. The third-order valence-corrected chi connectivity index (χ3v) is 3.93. The number of nitro groups is 1. The van der Waals surface area contributed by atoms with Crippen molar-refractivity contribution in [1.82, 2.24) is 14.1 Å². The van der Waals surface area contributed by atoms with Crippen LogP contribution in [0.5, 0.6) is 0 Å². The molecular formula is C14H14N4O4. The molecule has 22 heavy (non-hydrogen) atoms. The normalized spacial score (nSPS) is 14.5. The lowest BCUT2D eigenvalue weighted by molar-refractivity contribution is -0.387. The van der Waals surface area contributed by atoms with E-state index in [1.54, 1.807) is 24.5 Å². The summed E-state index contributed by atoms with van der Waals surface area (Å²) >= 11 is 0. The molecule has 2 heterocycles. The van der Waals surface area contributed by atoms with Crippen LogP contribution in [-0.2, 0) is 6.54 Å². The molecule has 2 aromatic rings. The van der Waals surface area contributed by atoms with Crippen LogP contribution in [0, 0.1) is 10.1 Å². The molecule has 2 aromatic heterocycles. The summed E-state index contributed by atoms with van der Waals surface area (Å²) in [4.78, 5) is 38.9. The smallest absolute Gasteiger partial charge is 0.290 e. The van der Waals surface area contributed by atoms with Gasteiger partial charge in [0.1, 0.15) is 0 Å². The lowest BCUT2D eigenvalue weighted by atomic mass is 9.93. The molecule has 8 nitrogen and oxygen atoms in total. The molecular weight excluding hydrogens is 288 g/mol. The van der Waals surface area contributed by atoms with Gasteiger partial charge in [0.2, 0.25) is 0 Å². The zero-order valence-electron chi connectivity index (χ0n) is 11.7. The molecule has 1 aliphatic rings. The van der Waals surface area contributed by atoms with E-state index in [-0.39, 0.29) is 12.6 Å². The summed E-state index contributed by atoms with van der Waals surface area (Å²) in [6, 6.07) is 3.27. The molecule has 0 unspecified atom stereocenters. The highest BCUT2D eigenvalue weighted by molar-refractivity contribution is 5.23. The number of aromatic nitrogens is 3. The van der Waals surface area contributed by atoms with Crippen molar-refractivity contribution in [2.45, 2.75) is 31.8 Å². The first-order valence-corrected chi connectivity index (χ1v) is 6.97. The summed E-state index contributed by atoms with van der Waals surface area (Å²) in [5, 5.41) is 11.1. The van der Waals surface area contributed by atoms with Gasteiger partial charge in [-0.25, -0.2) is 9.36 Å². The SMILES string of the molecule is O=c1c([N+](=O)[O-])cn(C2CCC2)c(=O)n1Cc1ccncc1. The summed E-state index contributed by atoms with van der Waals surface area (Å²) in [6.07, 6.45) is 6.74. The van der Waals surface area contributed by atoms with Crippen molar-refractivity contribution in [3.05, 3.63) is 67.2 Å². The number of rotatable bonds is 4. The van der Waals surface area contributed by atoms with Crippen molar-refractivity contribution in [3.63, 3.8) is 0 Å². The molecule has 0 radical (unpaired) electrons. The first-order chi connectivity index (χ1) is 10.6. The van der Waals surface area contributed by atoms with Gasteiger partial charge in [0.05, 0.1) is 17.7 Å². The van der Waals surface area contributed by atoms with E-state index in [0.717, 1.165) is 30.0 Å². The monoisotopic (exact) mass is 302 g/mol. The predicted molar refractivity (Wildman–Crippen MR) is 77.8 cm³/mol. The maximum atomic E-state index is 12.5. The van der Waals surface area contributed by atoms with E-state index in [0.29, 0.717) is 5.56 Å². The molecule has 0 N–H and O–H groups in total. The number of hydrogen-bond donors (Lipinski definition) is 0. The van der Waals surface area contributed by atoms with Crippen LogP contribution in [0.25, 0.3) is 0 Å². The topological polar surface area (TPSA) is 100 Å². The fraction of sp³-hybridized carbons (Fsp3) is 0.357. The molecule has 0 amide bonds. The Balaban J connectivity index is 2.14. The summed E-state index contributed by atoms with van der Waals surface area (Å²) in [5.41, 5.74) is -1.25. The second kappa shape index (κ2) is 5.55. The minimum Gasteiger partial charge on any atom is -0.290 e. The van der Waals surface area contributed by atoms with Crippen LogP contribution in [0.4, 0.5) is 5.69 Å². The Bertz CT molecular complexity index is 821. The van der Waals surface area contributed by atoms with Crippen LogP contribution < -0.4 is 11.2 Å². The summed E-state index contributed by atoms with van der Waals surface area (Å²) < 4.78 is 2.25. The summed E-state index contributed by atoms with van der Waals surface area (Å²) in [6.45, 7) is -0.00537. The van der Waals surface area contributed by atoms with E-state index in [4.69, 9.17) is 0 Å². The van der Waals surface area contributed by atoms with Crippen LogP contribution in [-0.4, -0.2) is 19.0 Å². The zero-order chi connectivity index (χ0) is 15.7. The fourth-order valence-corrected chi connectivity index (χ4v) is 2.47. The van der Waals surface area contributed by atoms with E-state index < -0.39 is 21.9 Å². The van der Waals surface area contributed by atoms with Gasteiger partial charge in [-0.3, -0.25) is 24.5 Å². The van der Waals surface area contributed by atoms with Crippen molar-refractivity contribution < 1.29 is 4.92 Å². The van der Waals surface area contributed by atoms with Crippen LogP contribution in [0.1, 0.15) is 30.9 Å². The zero-order valence-corrected chi connectivity index (χ0v) is 11.7. The molecule has 0 atom stereocenters. The third-order valence-electron chi connectivity index (χ3n) is 3.93. The van der Waals surface area contributed by atoms with Gasteiger partial charge < -0.3 is 0 Å². The van der Waals surface area contributed by atoms with E-state index in [1.807, 2.05) is 0 Å². The highest BCUT2D eigenvalue weighted by Gasteiger charge is 2.26. The van der Waals surface area contributed by atoms with E-state index in [9.17, 15) is 19.7 Å². The van der Waals surface area contributed by atoms with E-state index >= 15 is 0 Å². The molecule has 1 fully saturated rings. The minimum absolute atomic E-state index is 0.00537.